The van der Waals surface area contributed by atoms with E-state index < -0.39 is 23.7 Å². The summed E-state index contributed by atoms with van der Waals surface area (Å²) < 4.78 is 5.16. The highest BCUT2D eigenvalue weighted by Crippen LogP contribution is 2.44. The molecule has 30 heavy (non-hydrogen) atoms. The Balaban J connectivity index is 1.66. The highest BCUT2D eigenvalue weighted by atomic mass is 35.5. The van der Waals surface area contributed by atoms with Gasteiger partial charge in [-0.15, -0.1) is 0 Å². The number of amides is 1. The smallest absolute Gasteiger partial charge is 0.264 e. The predicted octanol–water partition coefficient (Wildman–Crippen LogP) is 4.99. The fourth-order valence-corrected chi connectivity index (χ4v) is 3.89. The zero-order valence-electron chi connectivity index (χ0n) is 15.7. The van der Waals surface area contributed by atoms with Gasteiger partial charge in [0, 0.05) is 15.6 Å². The minimum atomic E-state index is -2.02. The number of halogens is 2. The Bertz CT molecular complexity index is 1140. The molecule has 0 bridgehead atoms. The van der Waals surface area contributed by atoms with Gasteiger partial charge in [-0.1, -0.05) is 41.4 Å². The van der Waals surface area contributed by atoms with Crippen molar-refractivity contribution in [2.24, 2.45) is 0 Å². The molecule has 4 rings (SSSR count). The fraction of sp³-hybridized carbons (Fsp3) is 0.130. The van der Waals surface area contributed by atoms with Crippen LogP contribution in [0, 0.1) is 0 Å². The zero-order valence-corrected chi connectivity index (χ0v) is 17.2. The average Bonchev–Trinajstić information content (AvgIpc) is 3.30. The van der Waals surface area contributed by atoms with Gasteiger partial charge in [-0.05, 0) is 54.1 Å². The van der Waals surface area contributed by atoms with Gasteiger partial charge in [0.05, 0.1) is 24.9 Å². The lowest BCUT2D eigenvalue weighted by Crippen LogP contribution is -2.41. The second-order valence-electron chi connectivity index (χ2n) is 7.00. The number of hydrogen-bond donors (Lipinski definition) is 1. The molecular formula is C23H17Cl2NO4. The summed E-state index contributed by atoms with van der Waals surface area (Å²) in [7, 11) is 0. The molecule has 0 spiro atoms. The van der Waals surface area contributed by atoms with Gasteiger partial charge in [0.25, 0.3) is 5.91 Å². The monoisotopic (exact) mass is 441 g/mol. The van der Waals surface area contributed by atoms with E-state index >= 15 is 0 Å². The third-order valence-corrected chi connectivity index (χ3v) is 5.59. The van der Waals surface area contributed by atoms with E-state index in [4.69, 9.17) is 27.6 Å². The average molecular weight is 442 g/mol. The molecule has 2 aromatic carbocycles. The van der Waals surface area contributed by atoms with E-state index in [1.165, 1.54) is 29.4 Å². The van der Waals surface area contributed by atoms with Crippen molar-refractivity contribution >= 4 is 46.7 Å². The third kappa shape index (κ3) is 3.79. The van der Waals surface area contributed by atoms with Crippen molar-refractivity contribution in [1.29, 1.82) is 0 Å². The quantitative estimate of drug-likeness (QED) is 0.546. The molecule has 3 aromatic rings. The Morgan fingerprint density at radius 2 is 1.93 bits per heavy atom. The first kappa shape index (κ1) is 20.4. The van der Waals surface area contributed by atoms with E-state index in [2.05, 4.69) is 0 Å². The highest BCUT2D eigenvalue weighted by Gasteiger charge is 2.50. The lowest BCUT2D eigenvalue weighted by atomic mass is 9.90. The Morgan fingerprint density at radius 1 is 1.13 bits per heavy atom. The van der Waals surface area contributed by atoms with Crippen LogP contribution in [0.3, 0.4) is 0 Å². The molecule has 1 atom stereocenters. The van der Waals surface area contributed by atoms with Crippen LogP contribution in [0.1, 0.15) is 23.3 Å². The van der Waals surface area contributed by atoms with Crippen LogP contribution >= 0.6 is 23.2 Å². The zero-order chi connectivity index (χ0) is 21.3. The summed E-state index contributed by atoms with van der Waals surface area (Å²) in [5.74, 6) is -0.524. The number of hydrogen-bond acceptors (Lipinski definition) is 4. The second-order valence-corrected chi connectivity index (χ2v) is 7.84. The van der Waals surface area contributed by atoms with Crippen LogP contribution in [0.4, 0.5) is 5.69 Å². The van der Waals surface area contributed by atoms with E-state index in [-0.39, 0.29) is 6.54 Å². The molecule has 1 aromatic heterocycles. The molecule has 5 nitrogen and oxygen atoms in total. The number of benzene rings is 2. The lowest BCUT2D eigenvalue weighted by molar-refractivity contribution is -0.140. The first-order valence-electron chi connectivity index (χ1n) is 9.21. The SMILES string of the molecule is O=C(/C=C/c1ccco1)C[C@@]1(O)C(=O)N(Cc2ccccc2Cl)c2ccc(Cl)cc21. The Morgan fingerprint density at radius 3 is 2.67 bits per heavy atom. The summed E-state index contributed by atoms with van der Waals surface area (Å²) in [5.41, 5.74) is -0.505. The first-order chi connectivity index (χ1) is 14.4. The highest BCUT2D eigenvalue weighted by molar-refractivity contribution is 6.31. The number of allylic oxidation sites excluding steroid dienone is 1. The van der Waals surface area contributed by atoms with Crippen molar-refractivity contribution in [2.75, 3.05) is 4.90 Å². The van der Waals surface area contributed by atoms with Crippen molar-refractivity contribution in [3.05, 3.63) is 93.9 Å². The standard InChI is InChI=1S/C23H17Cl2NO4/c24-16-7-10-21-19(12-16)23(29,13-17(27)8-9-18-5-3-11-30-18)22(28)26(21)14-15-4-1-2-6-20(15)25/h1-12,29H,13-14H2/b9-8+/t23-/m0/s1. The Hall–Kier alpha value is -2.86. The summed E-state index contributed by atoms with van der Waals surface area (Å²) in [6, 6.07) is 15.4. The van der Waals surface area contributed by atoms with Gasteiger partial charge in [0.2, 0.25) is 0 Å². The summed E-state index contributed by atoms with van der Waals surface area (Å²) >= 11 is 12.4. The third-order valence-electron chi connectivity index (χ3n) is 4.99. The van der Waals surface area contributed by atoms with Crippen molar-refractivity contribution in [2.45, 2.75) is 18.6 Å². The first-order valence-corrected chi connectivity index (χ1v) is 9.96. The van der Waals surface area contributed by atoms with Gasteiger partial charge in [0.15, 0.2) is 11.4 Å². The van der Waals surface area contributed by atoms with Gasteiger partial charge in [0.1, 0.15) is 5.76 Å². The lowest BCUT2D eigenvalue weighted by Gasteiger charge is -2.22. The van der Waals surface area contributed by atoms with Gasteiger partial charge in [-0.3, -0.25) is 9.59 Å². The van der Waals surface area contributed by atoms with E-state index in [0.717, 1.165) is 5.56 Å². The molecule has 1 N–H and O–H groups in total. The molecule has 0 fully saturated rings. The number of carbonyl (C=O) groups is 2. The molecule has 2 heterocycles. The van der Waals surface area contributed by atoms with Crippen LogP contribution in [0.5, 0.6) is 0 Å². The fourth-order valence-electron chi connectivity index (χ4n) is 3.52. The summed E-state index contributed by atoms with van der Waals surface area (Å²) in [6.45, 7) is 0.159. The summed E-state index contributed by atoms with van der Waals surface area (Å²) in [5, 5.41) is 12.2. The maximum absolute atomic E-state index is 13.3. The number of anilines is 1. The second kappa shape index (κ2) is 8.11. The molecule has 152 valence electrons. The van der Waals surface area contributed by atoms with Crippen LogP contribution in [0.15, 0.2) is 71.4 Å². The van der Waals surface area contributed by atoms with Crippen molar-refractivity contribution in [3.63, 3.8) is 0 Å². The molecule has 1 amide bonds. The molecule has 1 aliphatic rings. The summed E-state index contributed by atoms with van der Waals surface area (Å²) in [6.07, 6.45) is 3.84. The summed E-state index contributed by atoms with van der Waals surface area (Å²) in [4.78, 5) is 27.2. The number of nitrogens with zero attached hydrogens (tertiary/aromatic N) is 1. The molecule has 1 aliphatic heterocycles. The maximum atomic E-state index is 13.3. The van der Waals surface area contributed by atoms with Crippen LogP contribution in [0.2, 0.25) is 10.0 Å². The van der Waals surface area contributed by atoms with Crippen LogP contribution in [-0.4, -0.2) is 16.8 Å². The Kier molecular flexibility index (Phi) is 5.52. The number of rotatable bonds is 6. The van der Waals surface area contributed by atoms with Gasteiger partial charge in [-0.25, -0.2) is 0 Å². The van der Waals surface area contributed by atoms with Crippen LogP contribution in [-0.2, 0) is 21.7 Å². The minimum Gasteiger partial charge on any atom is -0.465 e. The molecular weight excluding hydrogens is 425 g/mol. The maximum Gasteiger partial charge on any atom is 0.264 e. The number of fused-ring (bicyclic) bond motifs is 1. The number of aliphatic hydroxyl groups is 1. The van der Waals surface area contributed by atoms with E-state index in [0.29, 0.717) is 27.1 Å². The van der Waals surface area contributed by atoms with E-state index in [1.807, 2.05) is 6.07 Å². The van der Waals surface area contributed by atoms with Crippen molar-refractivity contribution in [3.8, 4) is 0 Å². The van der Waals surface area contributed by atoms with Gasteiger partial charge < -0.3 is 14.4 Å². The van der Waals surface area contributed by atoms with E-state index in [1.54, 1.807) is 42.5 Å². The molecule has 0 radical (unpaired) electrons. The van der Waals surface area contributed by atoms with Crippen molar-refractivity contribution < 1.29 is 19.1 Å². The van der Waals surface area contributed by atoms with Gasteiger partial charge >= 0.3 is 0 Å². The van der Waals surface area contributed by atoms with Crippen molar-refractivity contribution in [1.82, 2.24) is 0 Å². The largest absolute Gasteiger partial charge is 0.465 e. The topological polar surface area (TPSA) is 70.7 Å². The van der Waals surface area contributed by atoms with E-state index in [9.17, 15) is 14.7 Å². The molecule has 0 saturated carbocycles. The minimum absolute atomic E-state index is 0.159. The number of ketones is 1. The molecule has 0 saturated heterocycles. The van der Waals surface area contributed by atoms with Crippen LogP contribution in [0.25, 0.3) is 6.08 Å². The van der Waals surface area contributed by atoms with Crippen LogP contribution < -0.4 is 4.90 Å². The normalized spacial score (nSPS) is 18.2. The number of furan rings is 1. The van der Waals surface area contributed by atoms with Gasteiger partial charge in [-0.2, -0.15) is 0 Å². The predicted molar refractivity (Wildman–Crippen MR) is 115 cm³/mol. The molecule has 0 aliphatic carbocycles. The number of carbonyl (C=O) groups excluding carboxylic acids is 2. The molecule has 7 heteroatoms. The molecule has 0 unspecified atom stereocenters. The Labute approximate surface area is 183 Å².